The van der Waals surface area contributed by atoms with Crippen LogP contribution in [0.1, 0.15) is 36.5 Å². The molecule has 4 atom stereocenters. The van der Waals surface area contributed by atoms with Crippen LogP contribution in [0.2, 0.25) is 0 Å². The largest absolute Gasteiger partial charge is 0.398 e. The van der Waals surface area contributed by atoms with Crippen molar-refractivity contribution in [2.75, 3.05) is 5.73 Å². The van der Waals surface area contributed by atoms with Crippen molar-refractivity contribution in [2.24, 2.45) is 0 Å². The molecule has 0 unspecified atom stereocenters. The van der Waals surface area contributed by atoms with E-state index in [0.29, 0.717) is 11.3 Å². The van der Waals surface area contributed by atoms with Crippen molar-refractivity contribution in [3.05, 3.63) is 75.8 Å². The molecule has 6 nitrogen and oxygen atoms in total. The summed E-state index contributed by atoms with van der Waals surface area (Å²) in [6.45, 7) is 1.53. The Kier molecular flexibility index (Phi) is 4.26. The molecule has 1 fully saturated rings. The van der Waals surface area contributed by atoms with Gasteiger partial charge in [-0.15, -0.1) is 0 Å². The minimum Gasteiger partial charge on any atom is -0.398 e. The monoisotopic (exact) mass is 328 g/mol. The van der Waals surface area contributed by atoms with Crippen molar-refractivity contribution in [3.8, 4) is 0 Å². The third-order valence-electron chi connectivity index (χ3n) is 4.48. The average Bonchev–Trinajstić information content (AvgIpc) is 2.54. The first-order valence-electron chi connectivity index (χ1n) is 7.82. The topological polar surface area (TPSA) is 98.6 Å². The van der Waals surface area contributed by atoms with Gasteiger partial charge in [-0.05, 0) is 18.6 Å². The van der Waals surface area contributed by atoms with E-state index >= 15 is 0 Å². The lowest BCUT2D eigenvalue weighted by molar-refractivity contribution is -0.555. The number of ether oxygens (including phenoxy) is 1. The molecule has 6 heteroatoms. The first-order chi connectivity index (χ1) is 11.4. The van der Waals surface area contributed by atoms with Gasteiger partial charge in [-0.1, -0.05) is 48.5 Å². The molecular formula is C18H20N2O4. The van der Waals surface area contributed by atoms with E-state index in [1.54, 1.807) is 24.3 Å². The van der Waals surface area contributed by atoms with E-state index in [1.165, 1.54) is 6.92 Å². The molecule has 1 heterocycles. The number of aliphatic hydroxyl groups is 1. The first kappa shape index (κ1) is 16.4. The Morgan fingerprint density at radius 1 is 1.21 bits per heavy atom. The summed E-state index contributed by atoms with van der Waals surface area (Å²) >= 11 is 0. The molecule has 1 aliphatic rings. The Labute approximate surface area is 140 Å². The number of nitro groups is 1. The van der Waals surface area contributed by atoms with E-state index in [1.807, 2.05) is 30.3 Å². The van der Waals surface area contributed by atoms with E-state index in [4.69, 9.17) is 10.5 Å². The number of nitrogens with two attached hydrogens (primary N) is 1. The van der Waals surface area contributed by atoms with Crippen LogP contribution in [0.4, 0.5) is 5.69 Å². The molecule has 24 heavy (non-hydrogen) atoms. The van der Waals surface area contributed by atoms with Crippen LogP contribution >= 0.6 is 0 Å². The van der Waals surface area contributed by atoms with Crippen molar-refractivity contribution in [1.82, 2.24) is 0 Å². The van der Waals surface area contributed by atoms with Crippen LogP contribution in [0.25, 0.3) is 0 Å². The Bertz CT molecular complexity index is 733. The maximum Gasteiger partial charge on any atom is 0.250 e. The van der Waals surface area contributed by atoms with Gasteiger partial charge in [0.05, 0.1) is 5.92 Å². The second kappa shape index (κ2) is 6.22. The van der Waals surface area contributed by atoms with Crippen molar-refractivity contribution in [3.63, 3.8) is 0 Å². The summed E-state index contributed by atoms with van der Waals surface area (Å²) in [4.78, 5) is 11.5. The highest BCUT2D eigenvalue weighted by Crippen LogP contribution is 2.46. The molecule has 3 N–H and O–H groups in total. The summed E-state index contributed by atoms with van der Waals surface area (Å²) in [5.41, 5.74) is 7.75. The van der Waals surface area contributed by atoms with Crippen molar-refractivity contribution >= 4 is 5.69 Å². The van der Waals surface area contributed by atoms with Crippen LogP contribution in [0.5, 0.6) is 0 Å². The second-order valence-electron chi connectivity index (χ2n) is 6.34. The van der Waals surface area contributed by atoms with Crippen LogP contribution < -0.4 is 5.73 Å². The average molecular weight is 328 g/mol. The van der Waals surface area contributed by atoms with E-state index in [0.717, 1.165) is 5.56 Å². The molecule has 1 saturated heterocycles. The van der Waals surface area contributed by atoms with E-state index in [2.05, 4.69) is 0 Å². The second-order valence-corrected chi connectivity index (χ2v) is 6.34. The summed E-state index contributed by atoms with van der Waals surface area (Å²) in [7, 11) is 0. The van der Waals surface area contributed by atoms with Crippen LogP contribution in [0.3, 0.4) is 0 Å². The lowest BCUT2D eigenvalue weighted by atomic mass is 9.79. The smallest absolute Gasteiger partial charge is 0.250 e. The van der Waals surface area contributed by atoms with Gasteiger partial charge in [-0.2, -0.15) is 0 Å². The minimum absolute atomic E-state index is 0.145. The molecule has 3 rings (SSSR count). The number of rotatable bonds is 3. The standard InChI is InChI=1S/C18H20N2O4/c1-18(21)11-14(12-7-3-2-4-8-12)16(20(22)23)17(24-18)13-9-5-6-10-15(13)19/h2-10,14,16-17,21H,11,19H2,1H3/t14-,16+,17-,18+/m1/s1. The highest BCUT2D eigenvalue weighted by molar-refractivity contribution is 5.48. The molecule has 1 aliphatic heterocycles. The van der Waals surface area contributed by atoms with Gasteiger partial charge in [0, 0.05) is 22.6 Å². The van der Waals surface area contributed by atoms with E-state index in [-0.39, 0.29) is 11.3 Å². The number of nitrogens with zero attached hydrogens (tertiary/aromatic N) is 1. The predicted octanol–water partition coefficient (Wildman–Crippen LogP) is 2.87. The number of para-hydroxylation sites is 1. The molecule has 2 aromatic carbocycles. The van der Waals surface area contributed by atoms with Gasteiger partial charge in [-0.25, -0.2) is 0 Å². The number of anilines is 1. The molecule has 0 amide bonds. The zero-order valence-corrected chi connectivity index (χ0v) is 13.3. The SMILES string of the molecule is C[C@@]1(O)C[C@H](c2ccccc2)[C@H]([N+](=O)[O-])[C@@H](c2ccccc2N)O1. The quantitative estimate of drug-likeness (QED) is 0.513. The normalized spacial score (nSPS) is 30.0. The van der Waals surface area contributed by atoms with Gasteiger partial charge >= 0.3 is 0 Å². The number of hydrogen-bond acceptors (Lipinski definition) is 5. The summed E-state index contributed by atoms with van der Waals surface area (Å²) in [5, 5.41) is 22.4. The number of nitrogen functional groups attached to an aromatic ring is 1. The van der Waals surface area contributed by atoms with Gasteiger partial charge in [0.2, 0.25) is 6.04 Å². The lowest BCUT2D eigenvalue weighted by Gasteiger charge is -2.41. The molecule has 0 aliphatic carbocycles. The van der Waals surface area contributed by atoms with Crippen LogP contribution in [-0.2, 0) is 4.74 Å². The Balaban J connectivity index is 2.10. The molecule has 0 aromatic heterocycles. The van der Waals surface area contributed by atoms with Gasteiger partial charge in [-0.3, -0.25) is 10.1 Å². The van der Waals surface area contributed by atoms with Crippen molar-refractivity contribution < 1.29 is 14.8 Å². The highest BCUT2D eigenvalue weighted by atomic mass is 16.7. The molecule has 0 saturated carbocycles. The summed E-state index contributed by atoms with van der Waals surface area (Å²) in [6.07, 6.45) is -0.776. The third-order valence-corrected chi connectivity index (χ3v) is 4.48. The van der Waals surface area contributed by atoms with Gasteiger partial charge in [0.25, 0.3) is 0 Å². The van der Waals surface area contributed by atoms with Crippen molar-refractivity contribution in [2.45, 2.75) is 37.2 Å². The summed E-state index contributed by atoms with van der Waals surface area (Å²) < 4.78 is 5.70. The molecule has 2 aromatic rings. The van der Waals surface area contributed by atoms with Crippen LogP contribution in [-0.4, -0.2) is 21.9 Å². The molecule has 0 bridgehead atoms. The molecule has 0 radical (unpaired) electrons. The van der Waals surface area contributed by atoms with Crippen molar-refractivity contribution in [1.29, 1.82) is 0 Å². The Morgan fingerprint density at radius 3 is 2.46 bits per heavy atom. The number of benzene rings is 2. The summed E-state index contributed by atoms with van der Waals surface area (Å²) in [6, 6.07) is 15.1. The molecule has 0 spiro atoms. The van der Waals surface area contributed by atoms with E-state index in [9.17, 15) is 15.2 Å². The summed E-state index contributed by atoms with van der Waals surface area (Å²) in [5.74, 6) is -1.95. The maximum absolute atomic E-state index is 11.8. The fraction of sp³-hybridized carbons (Fsp3) is 0.333. The van der Waals surface area contributed by atoms with Gasteiger partial charge < -0.3 is 15.6 Å². The van der Waals surface area contributed by atoms with Crippen LogP contribution in [0, 0.1) is 10.1 Å². The first-order valence-corrected chi connectivity index (χ1v) is 7.82. The molecule has 126 valence electrons. The lowest BCUT2D eigenvalue weighted by Crippen LogP contribution is -2.48. The predicted molar refractivity (Wildman–Crippen MR) is 89.9 cm³/mol. The third kappa shape index (κ3) is 3.11. The van der Waals surface area contributed by atoms with Crippen LogP contribution in [0.15, 0.2) is 54.6 Å². The zero-order chi connectivity index (χ0) is 17.3. The molecular weight excluding hydrogens is 308 g/mol. The van der Waals surface area contributed by atoms with E-state index < -0.39 is 23.9 Å². The maximum atomic E-state index is 11.8. The highest BCUT2D eigenvalue weighted by Gasteiger charge is 2.51. The Morgan fingerprint density at radius 2 is 1.83 bits per heavy atom. The zero-order valence-electron chi connectivity index (χ0n) is 13.3. The Hall–Kier alpha value is -2.44. The van der Waals surface area contributed by atoms with Gasteiger partial charge in [0.1, 0.15) is 0 Å². The minimum atomic E-state index is -1.47. The fourth-order valence-corrected chi connectivity index (χ4v) is 3.42. The van der Waals surface area contributed by atoms with Gasteiger partial charge in [0.15, 0.2) is 11.9 Å². The fourth-order valence-electron chi connectivity index (χ4n) is 3.42. The number of hydrogen-bond donors (Lipinski definition) is 2.